The molecule has 2 heterocycles. The summed E-state index contributed by atoms with van der Waals surface area (Å²) in [6.07, 6.45) is 30.6. The number of fused-ring (bicyclic) bond motifs is 8. The Morgan fingerprint density at radius 1 is 0.507 bits per heavy atom. The average molecular weight is 1050 g/mol. The number of hydrogen-bond donors (Lipinski definition) is 4. The lowest BCUT2D eigenvalue weighted by molar-refractivity contribution is -0.172. The third-order valence-corrected chi connectivity index (χ3v) is 26.4. The highest BCUT2D eigenvalue weighted by Crippen LogP contribution is 2.68. The minimum absolute atomic E-state index is 0.0350. The van der Waals surface area contributed by atoms with Gasteiger partial charge in [0.1, 0.15) is 5.60 Å². The number of esters is 1. The summed E-state index contributed by atoms with van der Waals surface area (Å²) in [5.74, 6) is 4.83. The van der Waals surface area contributed by atoms with Crippen LogP contribution in [0, 0.1) is 90.7 Å². The van der Waals surface area contributed by atoms with Gasteiger partial charge in [0.25, 0.3) is 0 Å². The van der Waals surface area contributed by atoms with E-state index in [1.54, 1.807) is 6.08 Å². The van der Waals surface area contributed by atoms with Crippen LogP contribution >= 0.6 is 0 Å². The van der Waals surface area contributed by atoms with E-state index in [0.29, 0.717) is 63.1 Å². The molecular formula is C68H120O7. The normalized spacial score (nSPS) is 48.4. The number of carbonyl (C=O) groups excluding carboxylic acids is 1. The van der Waals surface area contributed by atoms with Crippen molar-refractivity contribution in [2.45, 2.75) is 306 Å². The zero-order chi connectivity index (χ0) is 55.9. The largest absolute Gasteiger partial charge is 0.459 e. The Bertz CT molecular complexity index is 1990. The fraction of sp³-hybridized carbons (Fsp3) is 0.956. The zero-order valence-corrected chi connectivity index (χ0v) is 52.0. The van der Waals surface area contributed by atoms with E-state index in [2.05, 4.69) is 104 Å². The van der Waals surface area contributed by atoms with Crippen LogP contribution in [0.2, 0.25) is 0 Å². The maximum Gasteiger partial charge on any atom is 0.306 e. The first-order valence-corrected chi connectivity index (χ1v) is 31.6. The molecule has 0 aromatic carbocycles. The maximum atomic E-state index is 11.8. The van der Waals surface area contributed by atoms with Crippen molar-refractivity contribution in [3.8, 4) is 0 Å². The molecule has 0 bridgehead atoms. The highest BCUT2D eigenvalue weighted by Gasteiger charge is 2.64. The highest BCUT2D eigenvalue weighted by atomic mass is 16.6. The Kier molecular flexibility index (Phi) is 17.3. The van der Waals surface area contributed by atoms with Crippen molar-refractivity contribution in [3.05, 3.63) is 12.7 Å². The molecule has 10 fully saturated rings. The molecule has 0 aromatic heterocycles. The molecule has 10 aliphatic rings. The smallest absolute Gasteiger partial charge is 0.306 e. The molecule has 17 atom stereocenters. The van der Waals surface area contributed by atoms with Crippen molar-refractivity contribution in [3.63, 3.8) is 0 Å². The predicted molar refractivity (Wildman–Crippen MR) is 309 cm³/mol. The molecule has 2 saturated heterocycles. The third kappa shape index (κ3) is 11.5. The van der Waals surface area contributed by atoms with Crippen molar-refractivity contribution >= 4 is 5.97 Å². The van der Waals surface area contributed by atoms with Gasteiger partial charge in [0.15, 0.2) is 0 Å². The summed E-state index contributed by atoms with van der Waals surface area (Å²) in [7, 11) is 0. The minimum atomic E-state index is -0.830. The van der Waals surface area contributed by atoms with Gasteiger partial charge in [0, 0.05) is 19.1 Å². The molecule has 4 N–H and O–H groups in total. The van der Waals surface area contributed by atoms with Crippen LogP contribution in [0.5, 0.6) is 0 Å². The lowest BCUT2D eigenvalue weighted by atomic mass is 9.45. The summed E-state index contributed by atoms with van der Waals surface area (Å²) in [6.45, 7) is 44.6. The zero-order valence-electron chi connectivity index (χ0n) is 52.0. The molecule has 7 nitrogen and oxygen atoms in total. The number of aliphatic hydroxyl groups excluding tert-OH is 1. The first-order valence-electron chi connectivity index (χ1n) is 31.6. The number of ether oxygens (including phenoxy) is 2. The summed E-state index contributed by atoms with van der Waals surface area (Å²) in [4.78, 5) is 11.8. The van der Waals surface area contributed by atoms with Crippen molar-refractivity contribution in [1.82, 2.24) is 0 Å². The van der Waals surface area contributed by atoms with Gasteiger partial charge in [-0.25, -0.2) is 0 Å². The molecule has 0 radical (unpaired) electrons. The monoisotopic (exact) mass is 1050 g/mol. The van der Waals surface area contributed by atoms with E-state index in [1.807, 2.05) is 20.8 Å². The van der Waals surface area contributed by atoms with E-state index in [0.717, 1.165) is 69.3 Å². The first kappa shape index (κ1) is 61.6. The fourth-order valence-corrected chi connectivity index (χ4v) is 22.7. The summed E-state index contributed by atoms with van der Waals surface area (Å²) in [5.41, 5.74) is 0.964. The van der Waals surface area contributed by atoms with E-state index in [4.69, 9.17) is 9.47 Å². The Hall–Kier alpha value is -0.990. The van der Waals surface area contributed by atoms with E-state index in [-0.39, 0.29) is 46.4 Å². The topological polar surface area (TPSA) is 116 Å². The van der Waals surface area contributed by atoms with Crippen molar-refractivity contribution in [1.29, 1.82) is 0 Å². The predicted octanol–water partition coefficient (Wildman–Crippen LogP) is 16.4. The first-order chi connectivity index (χ1) is 34.3. The summed E-state index contributed by atoms with van der Waals surface area (Å²) >= 11 is 0. The van der Waals surface area contributed by atoms with Gasteiger partial charge in [-0.2, -0.15) is 0 Å². The second-order valence-electron chi connectivity index (χ2n) is 33.2. The fourth-order valence-electron chi connectivity index (χ4n) is 22.7. The molecule has 7 heteroatoms. The van der Waals surface area contributed by atoms with Crippen LogP contribution in [-0.2, 0) is 14.3 Å². The number of carbonyl (C=O) groups is 1. The Morgan fingerprint density at radius 3 is 1.31 bits per heavy atom. The summed E-state index contributed by atoms with van der Waals surface area (Å²) in [6, 6.07) is 0. The molecular weight excluding hydrogens is 929 g/mol. The van der Waals surface area contributed by atoms with Gasteiger partial charge in [-0.05, 0) is 248 Å². The number of hydrogen-bond acceptors (Lipinski definition) is 7. The number of rotatable bonds is 6. The molecule has 8 saturated carbocycles. The van der Waals surface area contributed by atoms with Crippen molar-refractivity contribution in [2.24, 2.45) is 90.7 Å². The van der Waals surface area contributed by atoms with Gasteiger partial charge in [-0.15, -0.1) is 6.58 Å². The molecule has 1 unspecified atom stereocenters. The van der Waals surface area contributed by atoms with Crippen molar-refractivity contribution in [2.75, 3.05) is 13.2 Å². The lowest BCUT2D eigenvalue weighted by Crippen LogP contribution is -2.57. The Labute approximate surface area is 461 Å². The van der Waals surface area contributed by atoms with E-state index < -0.39 is 16.8 Å². The molecule has 8 aliphatic carbocycles. The maximum absolute atomic E-state index is 11.8. The van der Waals surface area contributed by atoms with E-state index >= 15 is 0 Å². The summed E-state index contributed by atoms with van der Waals surface area (Å²) < 4.78 is 11.8. The van der Waals surface area contributed by atoms with E-state index in [1.165, 1.54) is 103 Å². The van der Waals surface area contributed by atoms with Gasteiger partial charge < -0.3 is 29.9 Å². The molecule has 0 amide bonds. The van der Waals surface area contributed by atoms with E-state index in [9.17, 15) is 25.2 Å². The SMILES string of the molecule is C=C[C@](C)(O)CC[C@@H]1[C@@]2(C)CCCC(C)(C)[C@@H]2CC[C@@]1(C)O.CC1(C)CCC[C@]2(C)C3CC(=O)O[C@]3(C)CC[C@@H]12.CC1(C)CCC[C@]2(C)[C@@H](CCO)[C@](C)(O)CC[C@@H]12.CC1(C)CCC[C@]2(C)[C@H]3CCO[C@]3(C)CC[C@@H]12. The van der Waals surface area contributed by atoms with Gasteiger partial charge in [-0.1, -0.05) is 115 Å². The molecule has 434 valence electrons. The molecule has 10 rings (SSSR count). The average Bonchev–Trinajstić information content (AvgIpc) is 3.83. The van der Waals surface area contributed by atoms with Gasteiger partial charge in [0.2, 0.25) is 0 Å². The molecule has 75 heavy (non-hydrogen) atoms. The van der Waals surface area contributed by atoms with Crippen LogP contribution in [-0.4, -0.2) is 67.6 Å². The Balaban J connectivity index is 0.000000146. The third-order valence-electron chi connectivity index (χ3n) is 26.4. The second-order valence-corrected chi connectivity index (χ2v) is 33.2. The number of aliphatic hydroxyl groups is 4. The quantitative estimate of drug-likeness (QED) is 0.155. The van der Waals surface area contributed by atoms with Crippen molar-refractivity contribution < 1.29 is 34.7 Å². The van der Waals surface area contributed by atoms with Crippen LogP contribution < -0.4 is 0 Å². The van der Waals surface area contributed by atoms with Crippen LogP contribution in [0.15, 0.2) is 12.7 Å². The lowest BCUT2D eigenvalue weighted by Gasteiger charge is -2.61. The summed E-state index contributed by atoms with van der Waals surface area (Å²) in [5, 5.41) is 41.5. The highest BCUT2D eigenvalue weighted by molar-refractivity contribution is 5.73. The Morgan fingerprint density at radius 2 is 0.880 bits per heavy atom. The molecule has 0 spiro atoms. The molecule has 2 aliphatic heterocycles. The van der Waals surface area contributed by atoms with Crippen LogP contribution in [0.4, 0.5) is 0 Å². The minimum Gasteiger partial charge on any atom is -0.459 e. The van der Waals surface area contributed by atoms with Crippen LogP contribution in [0.3, 0.4) is 0 Å². The van der Waals surface area contributed by atoms with Gasteiger partial charge in [-0.3, -0.25) is 4.79 Å². The van der Waals surface area contributed by atoms with Gasteiger partial charge >= 0.3 is 5.97 Å². The second kappa shape index (κ2) is 21.1. The van der Waals surface area contributed by atoms with Crippen LogP contribution in [0.1, 0.15) is 278 Å². The van der Waals surface area contributed by atoms with Gasteiger partial charge in [0.05, 0.1) is 28.8 Å². The molecule has 0 aromatic rings. The standard InChI is InChI=1S/C20H36O2.C16H26O2.C16H30O2.C16H28O/c1-7-18(4,21)13-9-16-19(5)12-8-11-17(2,3)15(19)10-14-20(16,6)22;1-14(2)7-5-8-15(3)11(14)6-9-16(4)12(15)10-13(17)18-16;1-14(2)8-5-9-15(3)12(14)6-10-16(4,18)13(15)7-11-17;1-14(2)8-5-9-15(3)12(14)6-10-16(4)13(15)7-11-17-16/h7,15-16,21-22H,1,8-14H2,2-6H3;11-12H,5-10H2,1-4H3;12-13,17-18H,5-11H2,1-4H3;12-13H,5-11H2,1-4H3/t15-,16+,18-,19-,20+;11-,12?,15-,16+;2*12-,13+,15-,16+/m0000/s1. The van der Waals surface area contributed by atoms with Crippen LogP contribution in [0.25, 0.3) is 0 Å².